The number of benzene rings is 1. The number of aryl methyl sites for hydroxylation is 1. The molecule has 13 heavy (non-hydrogen) atoms. The van der Waals surface area contributed by atoms with Gasteiger partial charge in [-0.25, -0.2) is 0 Å². The summed E-state index contributed by atoms with van der Waals surface area (Å²) < 4.78 is 0. The van der Waals surface area contributed by atoms with Crippen LogP contribution in [0.5, 0.6) is 0 Å². The zero-order chi connectivity index (χ0) is 9.68. The maximum absolute atomic E-state index is 4.11. The molecule has 0 aromatic heterocycles. The Balaban J connectivity index is 2.68. The first-order chi connectivity index (χ1) is 6.20. The number of nitrogens with zero attached hydrogens (tertiary/aromatic N) is 2. The number of hydrogen-bond donors (Lipinski definition) is 0. The van der Waals surface area contributed by atoms with Crippen LogP contribution in [-0.2, 0) is 0 Å². The molecule has 0 unspecified atom stereocenters. The fourth-order valence-corrected chi connectivity index (χ4v) is 0.908. The third-order valence-electron chi connectivity index (χ3n) is 1.63. The normalized spacial score (nSPS) is 10.6. The molecule has 0 heterocycles. The van der Waals surface area contributed by atoms with Crippen LogP contribution in [0.4, 0.5) is 5.69 Å². The van der Waals surface area contributed by atoms with Crippen molar-refractivity contribution in [3.63, 3.8) is 0 Å². The molecule has 0 N–H and O–H groups in total. The summed E-state index contributed by atoms with van der Waals surface area (Å²) >= 11 is 0. The molecule has 0 bridgehead atoms. The van der Waals surface area contributed by atoms with Crippen molar-refractivity contribution in [2.75, 3.05) is 6.54 Å². The maximum Gasteiger partial charge on any atom is 0.0881 e. The summed E-state index contributed by atoms with van der Waals surface area (Å²) in [6, 6.07) is 7.93. The highest BCUT2D eigenvalue weighted by molar-refractivity contribution is 5.43. The monoisotopic (exact) mass is 174 g/mol. The van der Waals surface area contributed by atoms with Crippen LogP contribution in [0.3, 0.4) is 0 Å². The van der Waals surface area contributed by atoms with E-state index in [-0.39, 0.29) is 0 Å². The molecule has 0 spiro atoms. The minimum absolute atomic E-state index is 0.605. The lowest BCUT2D eigenvalue weighted by Crippen LogP contribution is -1.77. The van der Waals surface area contributed by atoms with Crippen LogP contribution < -0.4 is 0 Å². The summed E-state index contributed by atoms with van der Waals surface area (Å²) in [6.07, 6.45) is 0. The average Bonchev–Trinajstić information content (AvgIpc) is 2.08. The Morgan fingerprint density at radius 3 is 2.69 bits per heavy atom. The molecule has 0 saturated carbocycles. The van der Waals surface area contributed by atoms with E-state index in [0.29, 0.717) is 6.54 Å². The molecule has 0 atom stereocenters. The van der Waals surface area contributed by atoms with E-state index in [9.17, 15) is 0 Å². The molecule has 0 aliphatic carbocycles. The largest absolute Gasteiger partial charge is 0.184 e. The summed E-state index contributed by atoms with van der Waals surface area (Å²) in [6.45, 7) is 8.32. The van der Waals surface area contributed by atoms with Crippen molar-refractivity contribution in [1.82, 2.24) is 0 Å². The second kappa shape index (κ2) is 4.55. The fraction of sp³-hybridized carbons (Fsp3) is 0.273. The van der Waals surface area contributed by atoms with Crippen LogP contribution in [0.1, 0.15) is 12.5 Å². The SMILES string of the molecule is C=C(C)C/N=N\c1ccccc1C. The molecule has 1 rings (SSSR count). The van der Waals surface area contributed by atoms with Gasteiger partial charge in [0.2, 0.25) is 0 Å². The van der Waals surface area contributed by atoms with Crippen LogP contribution >= 0.6 is 0 Å². The van der Waals surface area contributed by atoms with Crippen LogP contribution in [0.15, 0.2) is 46.6 Å². The number of rotatable bonds is 3. The molecule has 1 aromatic rings. The molecule has 0 fully saturated rings. The Labute approximate surface area is 79.0 Å². The highest BCUT2D eigenvalue weighted by Crippen LogP contribution is 2.17. The molecule has 68 valence electrons. The highest BCUT2D eigenvalue weighted by Gasteiger charge is 1.92. The van der Waals surface area contributed by atoms with Crippen LogP contribution in [0.2, 0.25) is 0 Å². The molecule has 2 heteroatoms. The van der Waals surface area contributed by atoms with Crippen LogP contribution in [0.25, 0.3) is 0 Å². The third kappa shape index (κ3) is 3.20. The summed E-state index contributed by atoms with van der Waals surface area (Å²) in [7, 11) is 0. The van der Waals surface area contributed by atoms with Gasteiger partial charge in [-0.2, -0.15) is 10.2 Å². The Morgan fingerprint density at radius 2 is 2.08 bits per heavy atom. The molecule has 1 aromatic carbocycles. The summed E-state index contributed by atoms with van der Waals surface area (Å²) in [5.74, 6) is 0. The molecular weight excluding hydrogens is 160 g/mol. The number of azo groups is 1. The van der Waals surface area contributed by atoms with Gasteiger partial charge < -0.3 is 0 Å². The molecule has 0 saturated heterocycles. The second-order valence-corrected chi connectivity index (χ2v) is 3.14. The zero-order valence-corrected chi connectivity index (χ0v) is 8.12. The average molecular weight is 174 g/mol. The van der Waals surface area contributed by atoms with Gasteiger partial charge in [-0.3, -0.25) is 0 Å². The quantitative estimate of drug-likeness (QED) is 0.493. The number of hydrogen-bond acceptors (Lipinski definition) is 2. The van der Waals surface area contributed by atoms with E-state index in [1.54, 1.807) is 0 Å². The molecule has 0 aliphatic heterocycles. The first-order valence-corrected chi connectivity index (χ1v) is 4.27. The van der Waals surface area contributed by atoms with Gasteiger partial charge in [0.25, 0.3) is 0 Å². The van der Waals surface area contributed by atoms with Crippen molar-refractivity contribution >= 4 is 5.69 Å². The lowest BCUT2D eigenvalue weighted by Gasteiger charge is -1.96. The highest BCUT2D eigenvalue weighted by atomic mass is 15.1. The van der Waals surface area contributed by atoms with Gasteiger partial charge in [-0.15, -0.1) is 0 Å². The minimum atomic E-state index is 0.605. The lowest BCUT2D eigenvalue weighted by atomic mass is 10.2. The van der Waals surface area contributed by atoms with Crippen LogP contribution in [0, 0.1) is 6.92 Å². The fourth-order valence-electron chi connectivity index (χ4n) is 0.908. The van der Waals surface area contributed by atoms with Gasteiger partial charge in [-0.05, 0) is 25.5 Å². The van der Waals surface area contributed by atoms with Gasteiger partial charge in [0.1, 0.15) is 0 Å². The topological polar surface area (TPSA) is 24.7 Å². The predicted molar refractivity (Wildman–Crippen MR) is 55.4 cm³/mol. The van der Waals surface area contributed by atoms with E-state index in [0.717, 1.165) is 16.8 Å². The molecule has 0 aliphatic rings. The second-order valence-electron chi connectivity index (χ2n) is 3.14. The molecule has 0 radical (unpaired) electrons. The van der Waals surface area contributed by atoms with E-state index in [4.69, 9.17) is 0 Å². The third-order valence-corrected chi connectivity index (χ3v) is 1.63. The molecular formula is C11H14N2. The van der Waals surface area contributed by atoms with E-state index in [2.05, 4.69) is 16.8 Å². The van der Waals surface area contributed by atoms with Crippen molar-refractivity contribution < 1.29 is 0 Å². The Kier molecular flexibility index (Phi) is 3.38. The summed E-state index contributed by atoms with van der Waals surface area (Å²) in [5.41, 5.74) is 3.11. The lowest BCUT2D eigenvalue weighted by molar-refractivity contribution is 1.02. The van der Waals surface area contributed by atoms with Crippen molar-refractivity contribution in [2.45, 2.75) is 13.8 Å². The standard InChI is InChI=1S/C11H14N2/c1-9(2)8-12-13-11-7-5-4-6-10(11)3/h4-7H,1,8H2,2-3H3/b13-12-. The van der Waals surface area contributed by atoms with Crippen molar-refractivity contribution in [2.24, 2.45) is 10.2 Å². The van der Waals surface area contributed by atoms with Gasteiger partial charge in [0, 0.05) is 0 Å². The minimum Gasteiger partial charge on any atom is -0.184 e. The maximum atomic E-state index is 4.11. The first kappa shape index (κ1) is 9.65. The first-order valence-electron chi connectivity index (χ1n) is 4.27. The zero-order valence-electron chi connectivity index (χ0n) is 8.12. The van der Waals surface area contributed by atoms with E-state index in [1.165, 1.54) is 0 Å². The van der Waals surface area contributed by atoms with Crippen LogP contribution in [-0.4, -0.2) is 6.54 Å². The van der Waals surface area contributed by atoms with Gasteiger partial charge in [-0.1, -0.05) is 30.4 Å². The Hall–Kier alpha value is -1.44. The Bertz CT molecular complexity index is 327. The molecule has 2 nitrogen and oxygen atoms in total. The predicted octanol–water partition coefficient (Wildman–Crippen LogP) is 3.65. The van der Waals surface area contributed by atoms with Gasteiger partial charge in [0.15, 0.2) is 0 Å². The van der Waals surface area contributed by atoms with Gasteiger partial charge in [0.05, 0.1) is 12.2 Å². The summed E-state index contributed by atoms with van der Waals surface area (Å²) in [4.78, 5) is 0. The van der Waals surface area contributed by atoms with Crippen molar-refractivity contribution in [3.8, 4) is 0 Å². The van der Waals surface area contributed by atoms with E-state index in [1.807, 2.05) is 38.1 Å². The smallest absolute Gasteiger partial charge is 0.0881 e. The van der Waals surface area contributed by atoms with E-state index < -0.39 is 0 Å². The van der Waals surface area contributed by atoms with Gasteiger partial charge >= 0.3 is 0 Å². The van der Waals surface area contributed by atoms with E-state index >= 15 is 0 Å². The summed E-state index contributed by atoms with van der Waals surface area (Å²) in [5, 5.41) is 8.14. The van der Waals surface area contributed by atoms with Crippen molar-refractivity contribution in [3.05, 3.63) is 42.0 Å². The van der Waals surface area contributed by atoms with Crippen molar-refractivity contribution in [1.29, 1.82) is 0 Å². The molecule has 0 amide bonds. The Morgan fingerprint density at radius 1 is 1.38 bits per heavy atom.